The van der Waals surface area contributed by atoms with Gasteiger partial charge >= 0.3 is 6.18 Å². The Kier molecular flexibility index (Phi) is 4.36. The second kappa shape index (κ2) is 6.45. The second-order valence-electron chi connectivity index (χ2n) is 5.27. The van der Waals surface area contributed by atoms with Gasteiger partial charge in [-0.05, 0) is 17.7 Å². The molecule has 1 aliphatic heterocycles. The summed E-state index contributed by atoms with van der Waals surface area (Å²) in [6, 6.07) is 7.06. The molecule has 5 nitrogen and oxygen atoms in total. The van der Waals surface area contributed by atoms with Crippen molar-refractivity contribution >= 4 is 5.82 Å². The molecule has 1 fully saturated rings. The topological polar surface area (TPSA) is 62.0 Å². The molecule has 3 rings (SSSR count). The van der Waals surface area contributed by atoms with E-state index in [2.05, 4.69) is 9.97 Å². The third-order valence-electron chi connectivity index (χ3n) is 3.74. The smallest absolute Gasteiger partial charge is 0.370 e. The molecule has 0 spiro atoms. The van der Waals surface area contributed by atoms with Crippen molar-refractivity contribution in [1.82, 2.24) is 9.97 Å². The van der Waals surface area contributed by atoms with Gasteiger partial charge < -0.3 is 9.64 Å². The van der Waals surface area contributed by atoms with E-state index >= 15 is 0 Å². The van der Waals surface area contributed by atoms with Crippen LogP contribution in [0.15, 0.2) is 36.7 Å². The SMILES string of the molecule is N#Cc1nccnc1N1CCOC(c2cccc(C(F)(F)F)c2)C1. The lowest BCUT2D eigenvalue weighted by Crippen LogP contribution is -2.39. The third-order valence-corrected chi connectivity index (χ3v) is 3.74. The monoisotopic (exact) mass is 334 g/mol. The molecule has 2 heterocycles. The average molecular weight is 334 g/mol. The van der Waals surface area contributed by atoms with Crippen LogP contribution in [0, 0.1) is 11.3 Å². The van der Waals surface area contributed by atoms with E-state index in [4.69, 9.17) is 10.00 Å². The summed E-state index contributed by atoms with van der Waals surface area (Å²) in [6.07, 6.45) is -2.03. The van der Waals surface area contributed by atoms with Crippen LogP contribution in [0.2, 0.25) is 0 Å². The van der Waals surface area contributed by atoms with E-state index in [1.165, 1.54) is 18.5 Å². The molecule has 2 aromatic rings. The Morgan fingerprint density at radius 2 is 2.04 bits per heavy atom. The van der Waals surface area contributed by atoms with Gasteiger partial charge in [-0.2, -0.15) is 18.4 Å². The number of rotatable bonds is 2. The number of aromatic nitrogens is 2. The van der Waals surface area contributed by atoms with Crippen molar-refractivity contribution in [2.24, 2.45) is 0 Å². The maximum Gasteiger partial charge on any atom is 0.416 e. The van der Waals surface area contributed by atoms with Crippen LogP contribution in [0.4, 0.5) is 19.0 Å². The van der Waals surface area contributed by atoms with E-state index in [0.717, 1.165) is 12.1 Å². The Bertz CT molecular complexity index is 772. The van der Waals surface area contributed by atoms with E-state index < -0.39 is 17.8 Å². The third kappa shape index (κ3) is 3.31. The standard InChI is InChI=1S/C16H13F3N4O/c17-16(18,19)12-3-1-2-11(8-12)14-10-23(6-7-24-14)15-13(9-20)21-4-5-22-15/h1-5,8,14H,6-7,10H2. The molecule has 1 atom stereocenters. The molecule has 24 heavy (non-hydrogen) atoms. The zero-order chi connectivity index (χ0) is 17.2. The molecular weight excluding hydrogens is 321 g/mol. The molecule has 1 aromatic carbocycles. The molecule has 8 heteroatoms. The van der Waals surface area contributed by atoms with Crippen LogP contribution in [0.5, 0.6) is 0 Å². The van der Waals surface area contributed by atoms with Gasteiger partial charge in [0.05, 0.1) is 12.2 Å². The maximum atomic E-state index is 12.9. The van der Waals surface area contributed by atoms with Crippen molar-refractivity contribution in [2.45, 2.75) is 12.3 Å². The van der Waals surface area contributed by atoms with E-state index in [0.29, 0.717) is 31.1 Å². The lowest BCUT2D eigenvalue weighted by molar-refractivity contribution is -0.137. The predicted octanol–water partition coefficient (Wildman–Crippen LogP) is 2.94. The molecule has 1 saturated heterocycles. The van der Waals surface area contributed by atoms with Crippen LogP contribution in [-0.4, -0.2) is 29.7 Å². The Balaban J connectivity index is 1.85. The molecule has 0 bridgehead atoms. The quantitative estimate of drug-likeness (QED) is 0.845. The van der Waals surface area contributed by atoms with Crippen LogP contribution in [0.3, 0.4) is 0 Å². The van der Waals surface area contributed by atoms with Crippen LogP contribution in [0.25, 0.3) is 0 Å². The van der Waals surface area contributed by atoms with Crippen LogP contribution in [0.1, 0.15) is 22.9 Å². The summed E-state index contributed by atoms with van der Waals surface area (Å²) in [5, 5.41) is 9.12. The molecule has 0 saturated carbocycles. The molecule has 1 aromatic heterocycles. The van der Waals surface area contributed by atoms with Crippen molar-refractivity contribution in [3.05, 3.63) is 53.5 Å². The van der Waals surface area contributed by atoms with E-state index in [1.807, 2.05) is 6.07 Å². The highest BCUT2D eigenvalue weighted by Crippen LogP contribution is 2.32. The molecule has 1 aliphatic rings. The molecule has 0 N–H and O–H groups in total. The van der Waals surface area contributed by atoms with Crippen molar-refractivity contribution in [3.63, 3.8) is 0 Å². The second-order valence-corrected chi connectivity index (χ2v) is 5.27. The van der Waals surface area contributed by atoms with Crippen molar-refractivity contribution in [1.29, 1.82) is 5.26 Å². The molecule has 0 amide bonds. The molecule has 124 valence electrons. The Hall–Kier alpha value is -2.66. The summed E-state index contributed by atoms with van der Waals surface area (Å²) in [4.78, 5) is 9.93. The zero-order valence-corrected chi connectivity index (χ0v) is 12.5. The fourth-order valence-corrected chi connectivity index (χ4v) is 2.60. The van der Waals surface area contributed by atoms with Gasteiger partial charge in [0.1, 0.15) is 12.2 Å². The lowest BCUT2D eigenvalue weighted by Gasteiger charge is -2.34. The molecule has 0 aliphatic carbocycles. The number of hydrogen-bond acceptors (Lipinski definition) is 5. The van der Waals surface area contributed by atoms with E-state index in [-0.39, 0.29) is 5.69 Å². The summed E-state index contributed by atoms with van der Waals surface area (Å²) in [7, 11) is 0. The minimum Gasteiger partial charge on any atom is -0.370 e. The van der Waals surface area contributed by atoms with Crippen molar-refractivity contribution < 1.29 is 17.9 Å². The van der Waals surface area contributed by atoms with Gasteiger partial charge in [-0.1, -0.05) is 12.1 Å². The number of alkyl halides is 3. The van der Waals surface area contributed by atoms with Gasteiger partial charge in [0, 0.05) is 25.5 Å². The number of morpholine rings is 1. The van der Waals surface area contributed by atoms with Gasteiger partial charge in [0.25, 0.3) is 0 Å². The van der Waals surface area contributed by atoms with Gasteiger partial charge in [0.2, 0.25) is 0 Å². The number of anilines is 1. The van der Waals surface area contributed by atoms with Crippen LogP contribution >= 0.6 is 0 Å². The summed E-state index contributed by atoms with van der Waals surface area (Å²) in [5.74, 6) is 0.417. The summed E-state index contributed by atoms with van der Waals surface area (Å²) >= 11 is 0. The van der Waals surface area contributed by atoms with Gasteiger partial charge in [-0.3, -0.25) is 0 Å². The Labute approximate surface area is 136 Å². The lowest BCUT2D eigenvalue weighted by atomic mass is 10.0. The molecular formula is C16H13F3N4O. The highest BCUT2D eigenvalue weighted by atomic mass is 19.4. The minimum atomic E-state index is -4.40. The highest BCUT2D eigenvalue weighted by molar-refractivity contribution is 5.50. The largest absolute Gasteiger partial charge is 0.416 e. The molecule has 0 radical (unpaired) electrons. The Morgan fingerprint density at radius 3 is 2.79 bits per heavy atom. The summed E-state index contributed by atoms with van der Waals surface area (Å²) in [5.41, 5.74) is -0.0861. The first-order valence-corrected chi connectivity index (χ1v) is 7.24. The van der Waals surface area contributed by atoms with Gasteiger partial charge in [0.15, 0.2) is 11.5 Å². The average Bonchev–Trinajstić information content (AvgIpc) is 2.61. The summed E-state index contributed by atoms with van der Waals surface area (Å²) < 4.78 is 44.2. The number of benzene rings is 1. The van der Waals surface area contributed by atoms with E-state index in [9.17, 15) is 13.2 Å². The number of ether oxygens (including phenoxy) is 1. The maximum absolute atomic E-state index is 12.9. The fraction of sp³-hybridized carbons (Fsp3) is 0.312. The van der Waals surface area contributed by atoms with E-state index in [1.54, 1.807) is 11.0 Å². The number of hydrogen-bond donors (Lipinski definition) is 0. The normalized spacial score (nSPS) is 18.2. The van der Waals surface area contributed by atoms with Crippen LogP contribution in [-0.2, 0) is 10.9 Å². The predicted molar refractivity (Wildman–Crippen MR) is 79.1 cm³/mol. The molecule has 1 unspecified atom stereocenters. The fourth-order valence-electron chi connectivity index (χ4n) is 2.60. The van der Waals surface area contributed by atoms with Crippen LogP contribution < -0.4 is 4.90 Å². The first-order chi connectivity index (χ1) is 11.5. The number of halogens is 3. The van der Waals surface area contributed by atoms with Crippen molar-refractivity contribution in [2.75, 3.05) is 24.6 Å². The van der Waals surface area contributed by atoms with Crippen molar-refractivity contribution in [3.8, 4) is 6.07 Å². The Morgan fingerprint density at radius 1 is 1.25 bits per heavy atom. The van der Waals surface area contributed by atoms with Gasteiger partial charge in [-0.15, -0.1) is 0 Å². The van der Waals surface area contributed by atoms with Gasteiger partial charge in [-0.25, -0.2) is 9.97 Å². The highest BCUT2D eigenvalue weighted by Gasteiger charge is 2.32. The number of nitriles is 1. The summed E-state index contributed by atoms with van der Waals surface area (Å²) in [6.45, 7) is 1.11. The first-order valence-electron chi connectivity index (χ1n) is 7.24. The first kappa shape index (κ1) is 16.2. The zero-order valence-electron chi connectivity index (χ0n) is 12.5. The minimum absolute atomic E-state index is 0.183. The number of nitrogens with zero attached hydrogens (tertiary/aromatic N) is 4.